The molecular formula is C70H70BN3O. The van der Waals surface area contributed by atoms with Crippen LogP contribution in [0.1, 0.15) is 132 Å². The van der Waals surface area contributed by atoms with Crippen molar-refractivity contribution >= 4 is 67.5 Å². The van der Waals surface area contributed by atoms with Gasteiger partial charge in [-0.05, 0) is 155 Å². The van der Waals surface area contributed by atoms with Crippen molar-refractivity contribution in [2.45, 2.75) is 131 Å². The molecule has 5 heteroatoms. The van der Waals surface area contributed by atoms with Gasteiger partial charge in [-0.15, -0.1) is 0 Å². The molecule has 0 saturated heterocycles. The van der Waals surface area contributed by atoms with Gasteiger partial charge in [0.2, 0.25) is 0 Å². The highest BCUT2D eigenvalue weighted by Crippen LogP contribution is 2.54. The Hall–Kier alpha value is -7.24. The number of fused-ring (bicyclic) bond motifs is 9. The van der Waals surface area contributed by atoms with E-state index in [-0.39, 0.29) is 33.9 Å². The maximum absolute atomic E-state index is 6.57. The van der Waals surface area contributed by atoms with Crippen LogP contribution in [0.25, 0.3) is 71.9 Å². The van der Waals surface area contributed by atoms with Crippen molar-refractivity contribution in [1.29, 1.82) is 0 Å². The van der Waals surface area contributed by atoms with Crippen molar-refractivity contribution in [1.82, 2.24) is 9.05 Å². The van der Waals surface area contributed by atoms with Crippen LogP contribution in [0.15, 0.2) is 152 Å². The van der Waals surface area contributed by atoms with Crippen molar-refractivity contribution in [2.24, 2.45) is 0 Å². The highest BCUT2D eigenvalue weighted by molar-refractivity contribution is 6.90. The zero-order chi connectivity index (χ0) is 52.6. The molecule has 0 unspecified atom stereocenters. The SMILES string of the molecule is CC(C)(C)c1ccc(-c2c(-c3cccc(N4c5ccccc5Oc5ccccc54)c3)c3cc(C(C)(C)C)cc4c3n2B2c3c-4cc(C(C)(C)C)cc3-n3c4ccc(C(C)(C)C)cc4c4cc(C(C)(C)C)cc2c43)cc1. The molecule has 0 bridgehead atoms. The van der Waals surface area contributed by atoms with E-state index >= 15 is 0 Å². The zero-order valence-corrected chi connectivity index (χ0v) is 46.8. The quantitative estimate of drug-likeness (QED) is 0.165. The van der Waals surface area contributed by atoms with Crippen LogP contribution in [-0.2, 0) is 27.1 Å². The minimum atomic E-state index is -0.137. The van der Waals surface area contributed by atoms with E-state index in [0.29, 0.717) is 0 Å². The number of anilines is 3. The van der Waals surface area contributed by atoms with Crippen LogP contribution in [0.3, 0.4) is 0 Å². The van der Waals surface area contributed by atoms with Gasteiger partial charge in [0.25, 0.3) is 0 Å². The average Bonchev–Trinajstić information content (AvgIpc) is 3.99. The second-order valence-corrected chi connectivity index (χ2v) is 27.2. The molecule has 0 N–H and O–H groups in total. The van der Waals surface area contributed by atoms with E-state index in [1.54, 1.807) is 0 Å². The van der Waals surface area contributed by atoms with Crippen LogP contribution < -0.4 is 20.6 Å². The Labute approximate surface area is 445 Å². The Morgan fingerprint density at radius 1 is 0.400 bits per heavy atom. The lowest BCUT2D eigenvalue weighted by molar-refractivity contribution is 0.477. The summed E-state index contributed by atoms with van der Waals surface area (Å²) in [4.78, 5) is 2.38. The van der Waals surface area contributed by atoms with Crippen molar-refractivity contribution in [3.8, 4) is 50.7 Å². The predicted molar refractivity (Wildman–Crippen MR) is 321 cm³/mol. The Kier molecular flexibility index (Phi) is 9.92. The Bertz CT molecular complexity index is 4010. The Balaban J connectivity index is 1.22. The lowest BCUT2D eigenvalue weighted by Crippen LogP contribution is -2.56. The number of aromatic nitrogens is 2. The molecule has 0 saturated carbocycles. The largest absolute Gasteiger partial charge is 0.453 e. The van der Waals surface area contributed by atoms with E-state index in [2.05, 4.69) is 269 Å². The third-order valence-electron chi connectivity index (χ3n) is 16.8. The number of hydrogen-bond acceptors (Lipinski definition) is 2. The standard InChI is InChI=1S/C70H70BN3O/c1-66(2,3)43-29-27-41(28-30-43)63-61(42-21-20-22-48(33-42)72-56-23-16-18-25-59(56)75-60-26-19-17-24-57(60)72)53-38-45(68(7,8)9)36-52-50-35-47(70(13,14)15)40-58-62(50)71(74(63)64(52)53)54-39-46(69(10,11)12)37-51-49-34-44(67(4,5)6)31-32-55(49)73(58)65(51)54/h16-40H,1-15H3. The molecule has 10 aromatic rings. The molecule has 0 fully saturated rings. The molecule has 75 heavy (non-hydrogen) atoms. The molecule has 13 rings (SSSR count). The fourth-order valence-corrected chi connectivity index (χ4v) is 12.6. The summed E-state index contributed by atoms with van der Waals surface area (Å²) >= 11 is 0. The Morgan fingerprint density at radius 2 is 0.947 bits per heavy atom. The van der Waals surface area contributed by atoms with E-state index < -0.39 is 0 Å². The van der Waals surface area contributed by atoms with Gasteiger partial charge in [-0.25, -0.2) is 0 Å². The minimum absolute atomic E-state index is 0.00536. The molecule has 0 atom stereocenters. The smallest absolute Gasteiger partial charge is 0.333 e. The lowest BCUT2D eigenvalue weighted by atomic mass is 9.45. The molecule has 3 aliphatic rings. The van der Waals surface area contributed by atoms with Crippen molar-refractivity contribution in [3.63, 3.8) is 0 Å². The van der Waals surface area contributed by atoms with Gasteiger partial charge in [-0.1, -0.05) is 183 Å². The first-order chi connectivity index (χ1) is 35.4. The fourth-order valence-electron chi connectivity index (χ4n) is 12.6. The first kappa shape index (κ1) is 47.5. The normalized spacial score (nSPS) is 14.1. The maximum atomic E-state index is 6.57. The van der Waals surface area contributed by atoms with Crippen LogP contribution >= 0.6 is 0 Å². The van der Waals surface area contributed by atoms with Gasteiger partial charge < -0.3 is 18.7 Å². The van der Waals surface area contributed by atoms with Gasteiger partial charge >= 0.3 is 6.85 Å². The van der Waals surface area contributed by atoms with Crippen molar-refractivity contribution < 1.29 is 4.74 Å². The number of benzene rings is 8. The van der Waals surface area contributed by atoms with E-state index in [1.807, 2.05) is 0 Å². The van der Waals surface area contributed by atoms with Crippen LogP contribution in [-0.4, -0.2) is 15.9 Å². The molecule has 374 valence electrons. The average molecular weight is 980 g/mol. The molecule has 5 heterocycles. The van der Waals surface area contributed by atoms with Crippen LogP contribution in [0.5, 0.6) is 11.5 Å². The first-order valence-electron chi connectivity index (χ1n) is 27.3. The van der Waals surface area contributed by atoms with Gasteiger partial charge in [-0.2, -0.15) is 0 Å². The number of rotatable bonds is 3. The molecule has 4 nitrogen and oxygen atoms in total. The van der Waals surface area contributed by atoms with Crippen LogP contribution in [0.2, 0.25) is 0 Å². The summed E-state index contributed by atoms with van der Waals surface area (Å²) in [7, 11) is 0. The van der Waals surface area contributed by atoms with Crippen LogP contribution in [0.4, 0.5) is 17.1 Å². The van der Waals surface area contributed by atoms with Crippen molar-refractivity contribution in [2.75, 3.05) is 4.90 Å². The summed E-state index contributed by atoms with van der Waals surface area (Å²) < 4.78 is 12.1. The summed E-state index contributed by atoms with van der Waals surface area (Å²) in [5.41, 5.74) is 24.9. The number of para-hydroxylation sites is 4. The second-order valence-electron chi connectivity index (χ2n) is 27.2. The third kappa shape index (κ3) is 7.16. The lowest BCUT2D eigenvalue weighted by Gasteiger charge is -2.37. The highest BCUT2D eigenvalue weighted by Gasteiger charge is 2.45. The molecule has 0 spiro atoms. The monoisotopic (exact) mass is 980 g/mol. The summed E-state index contributed by atoms with van der Waals surface area (Å²) in [6.07, 6.45) is 0. The van der Waals surface area contributed by atoms with Gasteiger partial charge in [-0.3, -0.25) is 0 Å². The van der Waals surface area contributed by atoms with Gasteiger partial charge in [0.15, 0.2) is 11.5 Å². The van der Waals surface area contributed by atoms with Crippen molar-refractivity contribution in [3.05, 3.63) is 179 Å². The Morgan fingerprint density at radius 3 is 1.57 bits per heavy atom. The van der Waals surface area contributed by atoms with E-state index in [4.69, 9.17) is 4.74 Å². The molecule has 2 aromatic heterocycles. The molecule has 8 aromatic carbocycles. The molecule has 0 radical (unpaired) electrons. The fraction of sp³-hybridized carbons (Fsp3) is 0.286. The molecule has 0 aliphatic carbocycles. The van der Waals surface area contributed by atoms with Gasteiger partial charge in [0.1, 0.15) is 0 Å². The third-order valence-corrected chi connectivity index (χ3v) is 16.8. The summed E-state index contributed by atoms with van der Waals surface area (Å²) in [5, 5.41) is 3.94. The molecular weight excluding hydrogens is 910 g/mol. The van der Waals surface area contributed by atoms with E-state index in [9.17, 15) is 0 Å². The highest BCUT2D eigenvalue weighted by atomic mass is 16.5. The summed E-state index contributed by atoms with van der Waals surface area (Å²) in [6, 6.07) is 58.5. The van der Waals surface area contributed by atoms with E-state index in [0.717, 1.165) is 28.6 Å². The minimum Gasteiger partial charge on any atom is -0.453 e. The maximum Gasteiger partial charge on any atom is 0.333 e. The van der Waals surface area contributed by atoms with Gasteiger partial charge in [0, 0.05) is 49.9 Å². The van der Waals surface area contributed by atoms with Crippen LogP contribution in [0, 0.1) is 0 Å². The first-order valence-corrected chi connectivity index (χ1v) is 27.3. The zero-order valence-electron chi connectivity index (χ0n) is 46.8. The van der Waals surface area contributed by atoms with Gasteiger partial charge in [0.05, 0.1) is 22.4 Å². The number of hydrogen-bond donors (Lipinski definition) is 0. The number of ether oxygens (including phenoxy) is 1. The molecule has 3 aliphatic heterocycles. The topological polar surface area (TPSA) is 22.3 Å². The predicted octanol–water partition coefficient (Wildman–Crippen LogP) is 18.1. The summed E-state index contributed by atoms with van der Waals surface area (Å²) in [5.74, 6) is 1.69. The molecule has 0 amide bonds. The second kappa shape index (κ2) is 15.7. The van der Waals surface area contributed by atoms with E-state index in [1.165, 1.54) is 111 Å². The number of nitrogens with zero attached hydrogens (tertiary/aromatic N) is 3. The summed E-state index contributed by atoms with van der Waals surface area (Å²) in [6.45, 7) is 35.3.